The average molecular weight is 408 g/mol. The Bertz CT molecular complexity index is 997. The summed E-state index contributed by atoms with van der Waals surface area (Å²) in [4.78, 5) is 23.8. The lowest BCUT2D eigenvalue weighted by molar-refractivity contribution is -0.119. The summed E-state index contributed by atoms with van der Waals surface area (Å²) in [6.07, 6.45) is 9.65. The molecule has 1 atom stereocenters. The van der Waals surface area contributed by atoms with Crippen LogP contribution in [-0.4, -0.2) is 34.9 Å². The highest BCUT2D eigenvalue weighted by Crippen LogP contribution is 2.34. The van der Waals surface area contributed by atoms with E-state index in [9.17, 15) is 4.79 Å². The third-order valence-corrected chi connectivity index (χ3v) is 6.93. The first-order valence-electron chi connectivity index (χ1n) is 10.4. The van der Waals surface area contributed by atoms with Crippen molar-refractivity contribution in [2.75, 3.05) is 18.0 Å². The van der Waals surface area contributed by atoms with Gasteiger partial charge in [-0.25, -0.2) is 4.98 Å². The predicted octanol–water partition coefficient (Wildman–Crippen LogP) is 4.65. The number of pyridine rings is 2. The number of rotatable bonds is 7. The van der Waals surface area contributed by atoms with Crippen LogP contribution < -0.4 is 9.64 Å². The predicted molar refractivity (Wildman–Crippen MR) is 116 cm³/mol. The number of Topliss-reactive ketones (excluding diaryl/α,β-unsaturated/α-hetero) is 1. The molecule has 3 aromatic heterocycles. The highest BCUT2D eigenvalue weighted by Gasteiger charge is 2.26. The lowest BCUT2D eigenvalue weighted by Crippen LogP contribution is -2.24. The van der Waals surface area contributed by atoms with E-state index in [0.717, 1.165) is 43.4 Å². The summed E-state index contributed by atoms with van der Waals surface area (Å²) >= 11 is 1.74. The van der Waals surface area contributed by atoms with Crippen molar-refractivity contribution in [1.82, 2.24) is 9.97 Å². The lowest BCUT2D eigenvalue weighted by atomic mass is 9.96. The van der Waals surface area contributed by atoms with Gasteiger partial charge >= 0.3 is 0 Å². The fraction of sp³-hybridized carbons (Fsp3) is 0.435. The number of ether oxygens (including phenoxy) is 1. The number of fused-ring (bicyclic) bond motifs is 1. The summed E-state index contributed by atoms with van der Waals surface area (Å²) in [7, 11) is 0. The second-order valence-electron chi connectivity index (χ2n) is 8.16. The average Bonchev–Trinajstić information content (AvgIpc) is 3.35. The number of anilines is 1. The molecular formula is C23H25N3O2S. The monoisotopic (exact) mass is 407 g/mol. The van der Waals surface area contributed by atoms with E-state index >= 15 is 0 Å². The summed E-state index contributed by atoms with van der Waals surface area (Å²) in [5.41, 5.74) is 3.29. The Labute approximate surface area is 174 Å². The largest absolute Gasteiger partial charge is 0.474 e. The summed E-state index contributed by atoms with van der Waals surface area (Å²) in [6.45, 7) is 1.94. The Kier molecular flexibility index (Phi) is 5.19. The minimum Gasteiger partial charge on any atom is -0.474 e. The van der Waals surface area contributed by atoms with Gasteiger partial charge in [-0.15, -0.1) is 11.3 Å². The molecule has 1 unspecified atom stereocenters. The van der Waals surface area contributed by atoms with Crippen LogP contribution in [0.15, 0.2) is 42.0 Å². The minimum absolute atomic E-state index is 0.294. The third-order valence-electron chi connectivity index (χ3n) is 6.00. The second-order valence-corrected chi connectivity index (χ2v) is 9.08. The van der Waals surface area contributed by atoms with Crippen LogP contribution in [0.5, 0.6) is 5.88 Å². The molecule has 150 valence electrons. The number of carbonyl (C=O) groups is 1. The van der Waals surface area contributed by atoms with Gasteiger partial charge in [0.15, 0.2) is 0 Å². The molecule has 1 saturated heterocycles. The van der Waals surface area contributed by atoms with Crippen molar-refractivity contribution in [3.8, 4) is 5.88 Å². The third kappa shape index (κ3) is 4.13. The molecule has 0 N–H and O–H groups in total. The Hall–Kier alpha value is -2.47. The number of thiophene rings is 1. The van der Waals surface area contributed by atoms with Crippen LogP contribution in [0.4, 0.5) is 5.69 Å². The van der Waals surface area contributed by atoms with Gasteiger partial charge in [0.05, 0.1) is 15.9 Å². The quantitative estimate of drug-likeness (QED) is 0.571. The molecule has 2 fully saturated rings. The van der Waals surface area contributed by atoms with E-state index in [4.69, 9.17) is 4.74 Å². The molecule has 1 aliphatic heterocycles. The van der Waals surface area contributed by atoms with Crippen molar-refractivity contribution in [2.45, 2.75) is 44.6 Å². The van der Waals surface area contributed by atoms with Crippen molar-refractivity contribution >= 4 is 33.0 Å². The van der Waals surface area contributed by atoms with Crippen LogP contribution in [0.2, 0.25) is 0 Å². The van der Waals surface area contributed by atoms with Crippen LogP contribution in [-0.2, 0) is 11.2 Å². The maximum Gasteiger partial charge on any atom is 0.213 e. The van der Waals surface area contributed by atoms with E-state index in [2.05, 4.69) is 32.4 Å². The van der Waals surface area contributed by atoms with Crippen LogP contribution >= 0.6 is 11.3 Å². The van der Waals surface area contributed by atoms with Gasteiger partial charge in [0, 0.05) is 44.4 Å². The van der Waals surface area contributed by atoms with Gasteiger partial charge < -0.3 is 9.64 Å². The fourth-order valence-corrected chi connectivity index (χ4v) is 5.09. The summed E-state index contributed by atoms with van der Waals surface area (Å²) in [5.74, 6) is 1.39. The molecule has 29 heavy (non-hydrogen) atoms. The molecule has 5 nitrogen and oxygen atoms in total. The maximum absolute atomic E-state index is 12.6. The van der Waals surface area contributed by atoms with Gasteiger partial charge in [0.1, 0.15) is 11.9 Å². The smallest absolute Gasteiger partial charge is 0.213 e. The molecule has 0 amide bonds. The molecular weight excluding hydrogens is 382 g/mol. The topological polar surface area (TPSA) is 55.3 Å². The number of aromatic nitrogens is 2. The number of ketones is 1. The summed E-state index contributed by atoms with van der Waals surface area (Å²) in [5, 5.41) is 2.09. The molecule has 4 heterocycles. The molecule has 2 aliphatic rings. The molecule has 1 aliphatic carbocycles. The Morgan fingerprint density at radius 3 is 2.90 bits per heavy atom. The molecule has 0 bridgehead atoms. The summed E-state index contributed by atoms with van der Waals surface area (Å²) < 4.78 is 7.04. The maximum atomic E-state index is 12.6. The van der Waals surface area contributed by atoms with Gasteiger partial charge in [0.2, 0.25) is 5.88 Å². The lowest BCUT2D eigenvalue weighted by Gasteiger charge is -2.25. The summed E-state index contributed by atoms with van der Waals surface area (Å²) in [6, 6.07) is 8.04. The van der Waals surface area contributed by atoms with E-state index in [0.29, 0.717) is 36.5 Å². The second kappa shape index (κ2) is 8.11. The van der Waals surface area contributed by atoms with Crippen molar-refractivity contribution < 1.29 is 9.53 Å². The highest BCUT2D eigenvalue weighted by molar-refractivity contribution is 7.17. The van der Waals surface area contributed by atoms with E-state index in [-0.39, 0.29) is 0 Å². The van der Waals surface area contributed by atoms with Gasteiger partial charge in [0.25, 0.3) is 0 Å². The Balaban J connectivity index is 1.15. The molecule has 1 saturated carbocycles. The minimum atomic E-state index is 0.294. The fourth-order valence-electron chi connectivity index (χ4n) is 4.19. The van der Waals surface area contributed by atoms with Gasteiger partial charge in [-0.2, -0.15) is 0 Å². The molecule has 3 aromatic rings. The Morgan fingerprint density at radius 2 is 2.10 bits per heavy atom. The van der Waals surface area contributed by atoms with Crippen molar-refractivity contribution in [2.24, 2.45) is 5.92 Å². The highest BCUT2D eigenvalue weighted by atomic mass is 32.1. The zero-order valence-corrected chi connectivity index (χ0v) is 17.2. The number of hydrogen-bond acceptors (Lipinski definition) is 6. The van der Waals surface area contributed by atoms with Crippen molar-refractivity contribution in [1.29, 1.82) is 0 Å². The molecule has 5 rings (SSSR count). The first-order chi connectivity index (χ1) is 14.2. The van der Waals surface area contributed by atoms with Crippen LogP contribution in [0.3, 0.4) is 0 Å². The zero-order valence-electron chi connectivity index (χ0n) is 16.4. The molecule has 0 aromatic carbocycles. The van der Waals surface area contributed by atoms with Gasteiger partial charge in [-0.1, -0.05) is 6.07 Å². The normalized spacial score (nSPS) is 19.4. The van der Waals surface area contributed by atoms with Gasteiger partial charge in [-0.05, 0) is 54.7 Å². The zero-order chi connectivity index (χ0) is 19.6. The number of nitrogens with zero attached hydrogens (tertiary/aromatic N) is 3. The van der Waals surface area contributed by atoms with E-state index in [1.807, 2.05) is 18.3 Å². The molecule has 6 heteroatoms. The van der Waals surface area contributed by atoms with Crippen LogP contribution in [0.25, 0.3) is 10.2 Å². The standard InChI is InChI=1S/C23H25N3O2S/c27-18(12-16-4-5-22(25-14-16)28-19-2-1-3-19)13-17-7-10-26(15-17)21-6-9-24-20-8-11-29-23(20)21/h4-6,8-9,11,14,17,19H,1-3,7,10,12-13,15H2. The molecule has 0 radical (unpaired) electrons. The number of carbonyl (C=O) groups excluding carboxylic acids is 1. The van der Waals surface area contributed by atoms with E-state index in [1.54, 1.807) is 17.5 Å². The first-order valence-corrected chi connectivity index (χ1v) is 11.3. The van der Waals surface area contributed by atoms with Crippen molar-refractivity contribution in [3.05, 3.63) is 47.6 Å². The van der Waals surface area contributed by atoms with Crippen LogP contribution in [0.1, 0.15) is 37.7 Å². The first kappa shape index (κ1) is 18.6. The van der Waals surface area contributed by atoms with Crippen LogP contribution in [0, 0.1) is 5.92 Å². The van der Waals surface area contributed by atoms with E-state index < -0.39 is 0 Å². The Morgan fingerprint density at radius 1 is 1.17 bits per heavy atom. The van der Waals surface area contributed by atoms with Crippen molar-refractivity contribution in [3.63, 3.8) is 0 Å². The van der Waals surface area contributed by atoms with E-state index in [1.165, 1.54) is 16.8 Å². The SMILES string of the molecule is O=C(Cc1ccc(OC2CCC2)nc1)CC1CCN(c2ccnc3ccsc23)C1. The van der Waals surface area contributed by atoms with Gasteiger partial charge in [-0.3, -0.25) is 9.78 Å². The molecule has 0 spiro atoms. The number of hydrogen-bond donors (Lipinski definition) is 0.